The molecule has 9 nitrogen and oxygen atoms in total. The second kappa shape index (κ2) is 11.5. The number of aliphatic carboxylic acids is 1. The number of nitrogens with one attached hydrogen (secondary N) is 2. The highest BCUT2D eigenvalue weighted by Gasteiger charge is 2.38. The SMILES string of the molecule is Nc1nc(-c2c[nH]c3nccc(Oc4ccc(NC(=O)c5c(F)cccc5F)cc4F)c23)cs1.O=C(O)C(F)(F)F. The number of thiazole rings is 1. The number of carboxylic acid groups (broad SMARTS) is 1. The van der Waals surface area contributed by atoms with Gasteiger partial charge >= 0.3 is 12.1 Å². The zero-order chi connectivity index (χ0) is 29.9. The number of aromatic nitrogens is 3. The van der Waals surface area contributed by atoms with Crippen molar-refractivity contribution in [2.75, 3.05) is 11.1 Å². The van der Waals surface area contributed by atoms with E-state index in [9.17, 15) is 31.1 Å². The predicted molar refractivity (Wildman–Crippen MR) is 136 cm³/mol. The Morgan fingerprint density at radius 2 is 1.71 bits per heavy atom. The Balaban J connectivity index is 0.000000493. The number of rotatable bonds is 5. The lowest BCUT2D eigenvalue weighted by atomic mass is 10.1. The number of aromatic amines is 1. The molecule has 16 heteroatoms. The van der Waals surface area contributed by atoms with E-state index in [0.717, 1.165) is 24.3 Å². The van der Waals surface area contributed by atoms with E-state index in [-0.39, 0.29) is 11.4 Å². The Morgan fingerprint density at radius 3 is 2.29 bits per heavy atom. The number of nitrogens with two attached hydrogens (primary N) is 1. The van der Waals surface area contributed by atoms with E-state index in [2.05, 4.69) is 20.3 Å². The molecule has 0 aliphatic heterocycles. The van der Waals surface area contributed by atoms with Gasteiger partial charge in [0, 0.05) is 35.1 Å². The van der Waals surface area contributed by atoms with Crippen LogP contribution in [0, 0.1) is 17.5 Å². The van der Waals surface area contributed by atoms with Crippen LogP contribution in [0.2, 0.25) is 0 Å². The van der Waals surface area contributed by atoms with Gasteiger partial charge in [0.1, 0.15) is 28.6 Å². The number of carboxylic acids is 1. The number of hydrogen-bond acceptors (Lipinski definition) is 7. The summed E-state index contributed by atoms with van der Waals surface area (Å²) in [6.07, 6.45) is -1.88. The molecule has 0 spiro atoms. The van der Waals surface area contributed by atoms with Crippen molar-refractivity contribution in [1.29, 1.82) is 0 Å². The van der Waals surface area contributed by atoms with Crippen molar-refractivity contribution in [2.45, 2.75) is 6.18 Å². The molecule has 0 aliphatic rings. The van der Waals surface area contributed by atoms with Gasteiger partial charge in [-0.25, -0.2) is 27.9 Å². The molecular weight excluding hydrogens is 580 g/mol. The summed E-state index contributed by atoms with van der Waals surface area (Å²) in [6, 6.07) is 8.27. The van der Waals surface area contributed by atoms with Crippen LogP contribution in [-0.2, 0) is 4.79 Å². The first-order chi connectivity index (χ1) is 19.3. The van der Waals surface area contributed by atoms with Crippen molar-refractivity contribution in [3.8, 4) is 22.8 Å². The van der Waals surface area contributed by atoms with Gasteiger partial charge in [0.05, 0.1) is 11.1 Å². The highest BCUT2D eigenvalue weighted by atomic mass is 32.1. The first-order valence-electron chi connectivity index (χ1n) is 11.1. The maximum atomic E-state index is 14.8. The van der Waals surface area contributed by atoms with Crippen molar-refractivity contribution >= 4 is 45.1 Å². The van der Waals surface area contributed by atoms with Gasteiger partial charge in [-0.2, -0.15) is 13.2 Å². The van der Waals surface area contributed by atoms with Crippen LogP contribution in [0.5, 0.6) is 11.5 Å². The van der Waals surface area contributed by atoms with Gasteiger partial charge in [-0.05, 0) is 30.3 Å². The number of ether oxygens (including phenoxy) is 1. The van der Waals surface area contributed by atoms with Crippen LogP contribution >= 0.6 is 11.3 Å². The molecule has 0 radical (unpaired) electrons. The number of H-pyrrole nitrogens is 1. The van der Waals surface area contributed by atoms with Crippen molar-refractivity contribution in [3.63, 3.8) is 0 Å². The fraction of sp³-hybridized carbons (Fsp3) is 0.0400. The number of amides is 1. The van der Waals surface area contributed by atoms with Crippen molar-refractivity contribution in [2.24, 2.45) is 0 Å². The summed E-state index contributed by atoms with van der Waals surface area (Å²) in [5.74, 6) is -6.46. The Hall–Kier alpha value is -5.12. The minimum atomic E-state index is -5.08. The minimum Gasteiger partial charge on any atom is -0.475 e. The van der Waals surface area contributed by atoms with Gasteiger partial charge in [0.15, 0.2) is 16.7 Å². The highest BCUT2D eigenvalue weighted by Crippen LogP contribution is 2.38. The van der Waals surface area contributed by atoms with Gasteiger partial charge in [0.25, 0.3) is 5.91 Å². The fourth-order valence-corrected chi connectivity index (χ4v) is 3.98. The molecule has 1 amide bonds. The van der Waals surface area contributed by atoms with E-state index in [4.69, 9.17) is 20.4 Å². The van der Waals surface area contributed by atoms with Gasteiger partial charge in [-0.15, -0.1) is 11.3 Å². The summed E-state index contributed by atoms with van der Waals surface area (Å²) >= 11 is 1.28. The number of nitrogen functional groups attached to an aromatic ring is 1. The molecule has 0 unspecified atom stereocenters. The van der Waals surface area contributed by atoms with E-state index in [1.165, 1.54) is 29.7 Å². The largest absolute Gasteiger partial charge is 0.490 e. The monoisotopic (exact) mass is 595 g/mol. The van der Waals surface area contributed by atoms with Gasteiger partial charge < -0.3 is 25.9 Å². The van der Waals surface area contributed by atoms with Crippen LogP contribution in [0.15, 0.2) is 60.2 Å². The first-order valence-corrected chi connectivity index (χ1v) is 11.9. The Bertz CT molecular complexity index is 1730. The van der Waals surface area contributed by atoms with Crippen LogP contribution in [0.25, 0.3) is 22.3 Å². The lowest BCUT2D eigenvalue weighted by molar-refractivity contribution is -0.192. The lowest BCUT2D eigenvalue weighted by Gasteiger charge is -2.11. The number of benzene rings is 2. The lowest BCUT2D eigenvalue weighted by Crippen LogP contribution is -2.21. The Kier molecular flexibility index (Phi) is 8.13. The van der Waals surface area contributed by atoms with E-state index in [1.807, 2.05) is 0 Å². The maximum Gasteiger partial charge on any atom is 0.490 e. The van der Waals surface area contributed by atoms with Crippen LogP contribution < -0.4 is 15.8 Å². The third-order valence-corrected chi connectivity index (χ3v) is 5.85. The molecule has 5 N–H and O–H groups in total. The maximum absolute atomic E-state index is 14.8. The zero-order valence-electron chi connectivity index (χ0n) is 20.1. The standard InChI is InChI=1S/C23H14F3N5O2S.C2HF3O2/c24-13-2-1-3-14(25)20(13)22(32)30-11-4-5-17(15(26)8-11)33-18-6-7-28-21-19(18)12(9-29-21)16-10-34-23(27)31-16;3-2(4,5)1(6)7/h1-10H,(H2,27,31)(H,28,29)(H,30,32);(H,6,7). The van der Waals surface area contributed by atoms with Crippen LogP contribution in [-0.4, -0.2) is 38.1 Å². The molecule has 41 heavy (non-hydrogen) atoms. The number of carbonyl (C=O) groups excluding carboxylic acids is 1. The molecule has 0 fully saturated rings. The number of anilines is 2. The number of nitrogens with zero attached hydrogens (tertiary/aromatic N) is 2. The zero-order valence-corrected chi connectivity index (χ0v) is 20.9. The quantitative estimate of drug-likeness (QED) is 0.173. The third kappa shape index (κ3) is 6.55. The molecule has 0 saturated carbocycles. The number of halogens is 6. The van der Waals surface area contributed by atoms with Crippen LogP contribution in [0.4, 0.5) is 37.2 Å². The van der Waals surface area contributed by atoms with E-state index in [1.54, 1.807) is 17.6 Å². The molecule has 212 valence electrons. The van der Waals surface area contributed by atoms with Crippen molar-refractivity contribution in [3.05, 3.63) is 83.3 Å². The second-order valence-electron chi connectivity index (χ2n) is 7.91. The number of alkyl halides is 3. The van der Waals surface area contributed by atoms with E-state index >= 15 is 0 Å². The molecule has 0 atom stereocenters. The normalized spacial score (nSPS) is 11.1. The second-order valence-corrected chi connectivity index (χ2v) is 8.80. The number of carbonyl (C=O) groups is 2. The fourth-order valence-electron chi connectivity index (χ4n) is 3.41. The first kappa shape index (κ1) is 28.9. The molecule has 2 aromatic carbocycles. The summed E-state index contributed by atoms with van der Waals surface area (Å²) in [6.45, 7) is 0. The molecule has 0 aliphatic carbocycles. The topological polar surface area (TPSA) is 143 Å². The summed E-state index contributed by atoms with van der Waals surface area (Å²) in [5.41, 5.74) is 6.79. The van der Waals surface area contributed by atoms with Crippen LogP contribution in [0.1, 0.15) is 10.4 Å². The van der Waals surface area contributed by atoms with Crippen molar-refractivity contribution in [1.82, 2.24) is 15.0 Å². The third-order valence-electron chi connectivity index (χ3n) is 5.18. The molecule has 3 heterocycles. The summed E-state index contributed by atoms with van der Waals surface area (Å²) in [7, 11) is 0. The van der Waals surface area contributed by atoms with E-state index < -0.39 is 41.1 Å². The van der Waals surface area contributed by atoms with Crippen LogP contribution in [0.3, 0.4) is 0 Å². The van der Waals surface area contributed by atoms with Gasteiger partial charge in [-0.1, -0.05) is 6.07 Å². The highest BCUT2D eigenvalue weighted by molar-refractivity contribution is 7.13. The number of fused-ring (bicyclic) bond motifs is 1. The summed E-state index contributed by atoms with van der Waals surface area (Å²) in [5, 5.41) is 12.2. The summed E-state index contributed by atoms with van der Waals surface area (Å²) in [4.78, 5) is 32.7. The predicted octanol–water partition coefficient (Wildman–Crippen LogP) is 6.36. The molecule has 5 rings (SSSR count). The Labute approximate surface area is 229 Å². The van der Waals surface area contributed by atoms with E-state index in [0.29, 0.717) is 33.2 Å². The minimum absolute atomic E-state index is 0.00217. The van der Waals surface area contributed by atoms with Gasteiger partial charge in [0.2, 0.25) is 0 Å². The Morgan fingerprint density at radius 1 is 1.02 bits per heavy atom. The molecule has 0 bridgehead atoms. The molecule has 5 aromatic rings. The molecule has 0 saturated heterocycles. The summed E-state index contributed by atoms with van der Waals surface area (Å²) < 4.78 is 80.0. The smallest absolute Gasteiger partial charge is 0.475 e. The van der Waals surface area contributed by atoms with Crippen molar-refractivity contribution < 1.29 is 45.8 Å². The number of pyridine rings is 1. The molecular formula is C25H15F6N5O4S. The van der Waals surface area contributed by atoms with Gasteiger partial charge in [-0.3, -0.25) is 4.79 Å². The number of hydrogen-bond donors (Lipinski definition) is 4. The molecule has 3 aromatic heterocycles. The average molecular weight is 595 g/mol. The average Bonchev–Trinajstić information content (AvgIpc) is 3.52.